The average Bonchev–Trinajstić information content (AvgIpc) is 2.78. The van der Waals surface area contributed by atoms with Crippen molar-refractivity contribution >= 4 is 12.4 Å². The summed E-state index contributed by atoms with van der Waals surface area (Å²) in [6.45, 7) is 4.61. The average molecular weight is 337 g/mol. The van der Waals surface area contributed by atoms with Crippen LogP contribution in [0.1, 0.15) is 5.56 Å². The van der Waals surface area contributed by atoms with Crippen molar-refractivity contribution in [3.63, 3.8) is 0 Å². The Kier molecular flexibility index (Phi) is 7.10. The van der Waals surface area contributed by atoms with Gasteiger partial charge in [0.1, 0.15) is 0 Å². The minimum Gasteiger partial charge on any atom is -0.483 e. The van der Waals surface area contributed by atoms with Gasteiger partial charge in [0.15, 0.2) is 0 Å². The number of pyridine rings is 1. The van der Waals surface area contributed by atoms with Crippen LogP contribution in [0.4, 0.5) is 0 Å². The van der Waals surface area contributed by atoms with Crippen molar-refractivity contribution in [3.05, 3.63) is 30.1 Å². The molecule has 24 heavy (non-hydrogen) atoms. The minimum atomic E-state index is -0.755. The molecule has 3 heterocycles. The van der Waals surface area contributed by atoms with Crippen LogP contribution in [-0.2, 0) is 20.9 Å². The Hall–Kier alpha value is -2.03. The molecular weight excluding hydrogens is 314 g/mol. The number of ether oxygens (including phenoxy) is 1. The first kappa shape index (κ1) is 18.3. The largest absolute Gasteiger partial charge is 0.483 e. The van der Waals surface area contributed by atoms with Crippen molar-refractivity contribution in [2.75, 3.05) is 39.4 Å². The number of rotatable bonds is 4. The molecule has 2 saturated heterocycles. The lowest BCUT2D eigenvalue weighted by atomic mass is 10.1. The summed E-state index contributed by atoms with van der Waals surface area (Å²) < 4.78 is 5.75. The Morgan fingerprint density at radius 2 is 2.17 bits per heavy atom. The fourth-order valence-electron chi connectivity index (χ4n) is 3.27. The van der Waals surface area contributed by atoms with Gasteiger partial charge in [-0.2, -0.15) is 0 Å². The van der Waals surface area contributed by atoms with Gasteiger partial charge in [-0.15, -0.1) is 0 Å². The topological polar surface area (TPSA) is 103 Å². The van der Waals surface area contributed by atoms with Gasteiger partial charge in [-0.1, -0.05) is 6.07 Å². The summed E-state index contributed by atoms with van der Waals surface area (Å²) in [5.41, 5.74) is 1.19. The maximum Gasteiger partial charge on any atom is 0.317 e. The lowest BCUT2D eigenvalue weighted by molar-refractivity contribution is -0.138. The lowest BCUT2D eigenvalue weighted by Gasteiger charge is -2.30. The highest BCUT2D eigenvalue weighted by Gasteiger charge is 2.33. The summed E-state index contributed by atoms with van der Waals surface area (Å²) in [6, 6.07) is 4.28. The zero-order chi connectivity index (χ0) is 17.4. The second-order valence-electron chi connectivity index (χ2n) is 6.04. The number of aliphatic carboxylic acids is 1. The number of carboxylic acid groups (broad SMARTS) is 2. The highest BCUT2D eigenvalue weighted by atomic mass is 16.5. The van der Waals surface area contributed by atoms with Crippen molar-refractivity contribution in [2.45, 2.75) is 12.6 Å². The summed E-state index contributed by atoms with van der Waals surface area (Å²) in [5, 5.41) is 15.9. The first-order valence-electron chi connectivity index (χ1n) is 7.85. The fourth-order valence-corrected chi connectivity index (χ4v) is 3.27. The Morgan fingerprint density at radius 3 is 2.83 bits per heavy atom. The molecule has 132 valence electrons. The molecule has 2 aliphatic rings. The fraction of sp³-hybridized carbons (Fsp3) is 0.562. The summed E-state index contributed by atoms with van der Waals surface area (Å²) in [4.78, 5) is 28.0. The lowest BCUT2D eigenvalue weighted by Crippen LogP contribution is -2.44. The third kappa shape index (κ3) is 5.55. The molecule has 0 amide bonds. The van der Waals surface area contributed by atoms with Crippen molar-refractivity contribution in [1.29, 1.82) is 0 Å². The zero-order valence-electron chi connectivity index (χ0n) is 13.5. The number of aromatic nitrogens is 1. The molecule has 1 aromatic heterocycles. The zero-order valence-corrected chi connectivity index (χ0v) is 13.5. The van der Waals surface area contributed by atoms with Crippen LogP contribution in [0.25, 0.3) is 0 Å². The Labute approximate surface area is 140 Å². The van der Waals surface area contributed by atoms with Crippen molar-refractivity contribution < 1.29 is 24.5 Å². The van der Waals surface area contributed by atoms with Gasteiger partial charge in [0, 0.05) is 50.5 Å². The van der Waals surface area contributed by atoms with E-state index in [1.54, 1.807) is 6.20 Å². The second kappa shape index (κ2) is 9.31. The van der Waals surface area contributed by atoms with Crippen LogP contribution in [0.5, 0.6) is 0 Å². The highest BCUT2D eigenvalue weighted by Crippen LogP contribution is 2.21. The van der Waals surface area contributed by atoms with Crippen LogP contribution in [0.15, 0.2) is 24.5 Å². The van der Waals surface area contributed by atoms with E-state index >= 15 is 0 Å². The van der Waals surface area contributed by atoms with Crippen molar-refractivity contribution in [3.8, 4) is 0 Å². The second-order valence-corrected chi connectivity index (χ2v) is 6.04. The van der Waals surface area contributed by atoms with Gasteiger partial charge in [0.25, 0.3) is 6.47 Å². The minimum absolute atomic E-state index is 0.119. The molecule has 8 nitrogen and oxygen atoms in total. The Morgan fingerprint density at radius 1 is 1.38 bits per heavy atom. The van der Waals surface area contributed by atoms with Crippen LogP contribution in [0.3, 0.4) is 0 Å². The smallest absolute Gasteiger partial charge is 0.317 e. The van der Waals surface area contributed by atoms with Crippen molar-refractivity contribution in [1.82, 2.24) is 14.8 Å². The molecule has 2 bridgehead atoms. The maximum atomic E-state index is 11.0. The number of fused-ring (bicyclic) bond motifs is 3. The van der Waals surface area contributed by atoms with Gasteiger partial charge in [0.2, 0.25) is 0 Å². The van der Waals surface area contributed by atoms with Gasteiger partial charge >= 0.3 is 5.97 Å². The Bertz CT molecular complexity index is 528. The summed E-state index contributed by atoms with van der Waals surface area (Å²) in [7, 11) is 0. The van der Waals surface area contributed by atoms with E-state index in [0.717, 1.165) is 32.8 Å². The molecule has 0 aliphatic carbocycles. The summed E-state index contributed by atoms with van der Waals surface area (Å²) in [5.74, 6) is -0.386. The standard InChI is InChI=1S/C15H21N3O3.CH2O2/c19-15(20)9-17-5-13-7-18(14(8-17)11-21-10-13)6-12-2-1-3-16-4-12;2-1-3/h1-4,13-14H,5-11H2,(H,19,20);1H,(H,2,3)/t13-,14-;/m0./s1. The van der Waals surface area contributed by atoms with Crippen LogP contribution in [-0.4, -0.2) is 82.9 Å². The van der Waals surface area contributed by atoms with E-state index in [1.807, 2.05) is 17.2 Å². The van der Waals surface area contributed by atoms with Gasteiger partial charge in [-0.3, -0.25) is 24.4 Å². The van der Waals surface area contributed by atoms with Gasteiger partial charge in [0.05, 0.1) is 19.8 Å². The van der Waals surface area contributed by atoms with Crippen LogP contribution in [0.2, 0.25) is 0 Å². The van der Waals surface area contributed by atoms with E-state index < -0.39 is 5.97 Å². The molecule has 2 fully saturated rings. The molecular formula is C16H23N3O5. The van der Waals surface area contributed by atoms with Crippen LogP contribution in [0, 0.1) is 5.92 Å². The molecule has 0 saturated carbocycles. The number of carbonyl (C=O) groups is 2. The molecule has 0 aromatic carbocycles. The SMILES string of the molecule is O=C(O)CN1C[C@@H]2COC[C@H](C1)N(Cc1cccnc1)C2.O=CO. The van der Waals surface area contributed by atoms with Crippen LogP contribution >= 0.6 is 0 Å². The van der Waals surface area contributed by atoms with E-state index in [0.29, 0.717) is 12.5 Å². The van der Waals surface area contributed by atoms with Gasteiger partial charge in [-0.25, -0.2) is 0 Å². The quantitative estimate of drug-likeness (QED) is 0.740. The molecule has 2 N–H and O–H groups in total. The third-order valence-corrected chi connectivity index (χ3v) is 4.13. The number of nitrogens with zero attached hydrogens (tertiary/aromatic N) is 3. The van der Waals surface area contributed by atoms with E-state index in [2.05, 4.69) is 16.0 Å². The molecule has 0 radical (unpaired) electrons. The van der Waals surface area contributed by atoms with Crippen LogP contribution < -0.4 is 0 Å². The van der Waals surface area contributed by atoms with Gasteiger partial charge in [-0.05, 0) is 11.6 Å². The molecule has 8 heteroatoms. The van der Waals surface area contributed by atoms with E-state index in [1.165, 1.54) is 5.56 Å². The monoisotopic (exact) mass is 337 g/mol. The maximum absolute atomic E-state index is 11.0. The molecule has 2 aliphatic heterocycles. The summed E-state index contributed by atoms with van der Waals surface area (Å²) in [6.07, 6.45) is 3.67. The molecule has 3 rings (SSSR count). The molecule has 1 aromatic rings. The van der Waals surface area contributed by atoms with E-state index in [9.17, 15) is 4.79 Å². The normalized spacial score (nSPS) is 24.3. The summed E-state index contributed by atoms with van der Waals surface area (Å²) >= 11 is 0. The number of carboxylic acids is 1. The van der Waals surface area contributed by atoms with E-state index in [4.69, 9.17) is 19.7 Å². The first-order valence-corrected chi connectivity index (χ1v) is 7.85. The predicted octanol–water partition coefficient (Wildman–Crippen LogP) is -0.000400. The molecule has 0 unspecified atom stereocenters. The van der Waals surface area contributed by atoms with E-state index in [-0.39, 0.29) is 19.1 Å². The molecule has 2 atom stereocenters. The number of hydrogen-bond donors (Lipinski definition) is 2. The third-order valence-electron chi connectivity index (χ3n) is 4.13. The first-order chi connectivity index (χ1) is 11.6. The van der Waals surface area contributed by atoms with Gasteiger partial charge < -0.3 is 14.9 Å². The number of hydrogen-bond acceptors (Lipinski definition) is 6. The van der Waals surface area contributed by atoms with Crippen molar-refractivity contribution in [2.24, 2.45) is 5.92 Å². The highest BCUT2D eigenvalue weighted by molar-refractivity contribution is 5.69. The predicted molar refractivity (Wildman–Crippen MR) is 85.5 cm³/mol. The Balaban J connectivity index is 0.000000647. The molecule has 0 spiro atoms.